The van der Waals surface area contributed by atoms with Gasteiger partial charge in [0.2, 0.25) is 0 Å². The van der Waals surface area contributed by atoms with Crippen LogP contribution in [0.15, 0.2) is 30.5 Å². The highest BCUT2D eigenvalue weighted by atomic mass is 32.2. The molecule has 0 aliphatic heterocycles. The number of aryl methyl sites for hydroxylation is 1. The number of aromatic nitrogens is 1. The predicted octanol–water partition coefficient (Wildman–Crippen LogP) is 2.98. The van der Waals surface area contributed by atoms with Crippen LogP contribution in [0, 0.1) is 0 Å². The third-order valence-corrected chi connectivity index (χ3v) is 3.36. The van der Waals surface area contributed by atoms with Crippen LogP contribution in [0.25, 0.3) is 10.9 Å². The van der Waals surface area contributed by atoms with E-state index < -0.39 is 0 Å². The van der Waals surface area contributed by atoms with Gasteiger partial charge in [0, 0.05) is 35.1 Å². The van der Waals surface area contributed by atoms with Gasteiger partial charge in [0.05, 0.1) is 0 Å². The Bertz CT molecular complexity index is 448. The smallest absolute Gasteiger partial charge is 0.0482 e. The van der Waals surface area contributed by atoms with Crippen LogP contribution in [-0.2, 0) is 6.54 Å². The lowest BCUT2D eigenvalue weighted by molar-refractivity contribution is 0.807. The maximum atomic E-state index is 5.74. The first-order valence-electron chi connectivity index (χ1n) is 5.23. The minimum absolute atomic E-state index is 0.836. The van der Waals surface area contributed by atoms with E-state index in [4.69, 9.17) is 5.73 Å². The van der Waals surface area contributed by atoms with Gasteiger partial charge in [-0.25, -0.2) is 0 Å². The van der Waals surface area contributed by atoms with Crippen molar-refractivity contribution in [1.29, 1.82) is 0 Å². The zero-order valence-corrected chi connectivity index (χ0v) is 9.76. The number of benzene rings is 1. The summed E-state index contributed by atoms with van der Waals surface area (Å²) in [4.78, 5) is 0. The molecule has 80 valence electrons. The van der Waals surface area contributed by atoms with Crippen molar-refractivity contribution < 1.29 is 0 Å². The van der Waals surface area contributed by atoms with E-state index in [0.29, 0.717) is 0 Å². The number of rotatable bonds is 4. The second-order valence-corrected chi connectivity index (χ2v) is 4.92. The number of hydrogen-bond acceptors (Lipinski definition) is 2. The monoisotopic (exact) mass is 220 g/mol. The molecule has 0 saturated carbocycles. The highest BCUT2D eigenvalue weighted by Gasteiger charge is 2.00. The van der Waals surface area contributed by atoms with Crippen molar-refractivity contribution in [2.75, 3.05) is 17.2 Å². The molecule has 0 amide bonds. The number of thioether (sulfide) groups is 1. The van der Waals surface area contributed by atoms with E-state index >= 15 is 0 Å². The van der Waals surface area contributed by atoms with E-state index in [1.165, 1.54) is 22.4 Å². The Hall–Kier alpha value is -1.09. The number of nitrogen functional groups attached to an aromatic ring is 1. The average Bonchev–Trinajstić information content (AvgIpc) is 2.61. The van der Waals surface area contributed by atoms with Crippen molar-refractivity contribution in [1.82, 2.24) is 4.57 Å². The molecule has 1 heterocycles. The van der Waals surface area contributed by atoms with Crippen LogP contribution in [0.5, 0.6) is 0 Å². The molecule has 2 nitrogen and oxygen atoms in total. The van der Waals surface area contributed by atoms with Crippen LogP contribution < -0.4 is 5.73 Å². The van der Waals surface area contributed by atoms with Crippen molar-refractivity contribution >= 4 is 28.4 Å². The zero-order valence-electron chi connectivity index (χ0n) is 8.94. The quantitative estimate of drug-likeness (QED) is 0.634. The number of nitrogens with two attached hydrogens (primary N) is 1. The lowest BCUT2D eigenvalue weighted by Gasteiger charge is -2.04. The van der Waals surface area contributed by atoms with Gasteiger partial charge in [-0.3, -0.25) is 0 Å². The van der Waals surface area contributed by atoms with Crippen molar-refractivity contribution in [3.05, 3.63) is 30.5 Å². The highest BCUT2D eigenvalue weighted by molar-refractivity contribution is 7.99. The Balaban J connectivity index is 2.21. The summed E-state index contributed by atoms with van der Waals surface area (Å²) in [7, 11) is 0. The highest BCUT2D eigenvalue weighted by Crippen LogP contribution is 2.19. The molecule has 0 aliphatic carbocycles. The second-order valence-electron chi connectivity index (χ2n) is 3.52. The van der Waals surface area contributed by atoms with Crippen molar-refractivity contribution in [3.8, 4) is 0 Å². The van der Waals surface area contributed by atoms with Gasteiger partial charge in [-0.1, -0.05) is 6.92 Å². The molecular weight excluding hydrogens is 204 g/mol. The summed E-state index contributed by atoms with van der Waals surface area (Å²) >= 11 is 1.97. The maximum Gasteiger partial charge on any atom is 0.0482 e. The van der Waals surface area contributed by atoms with Gasteiger partial charge < -0.3 is 10.3 Å². The number of anilines is 1. The fraction of sp³-hybridized carbons (Fsp3) is 0.333. The van der Waals surface area contributed by atoms with Crippen molar-refractivity contribution in [2.45, 2.75) is 13.5 Å². The molecular formula is C12H16N2S. The minimum atomic E-state index is 0.836. The van der Waals surface area contributed by atoms with Crippen LogP contribution in [-0.4, -0.2) is 16.1 Å². The van der Waals surface area contributed by atoms with E-state index in [1.807, 2.05) is 23.9 Å². The molecule has 0 aliphatic rings. The van der Waals surface area contributed by atoms with Crippen molar-refractivity contribution in [3.63, 3.8) is 0 Å². The van der Waals surface area contributed by atoms with E-state index in [2.05, 4.69) is 29.8 Å². The third-order valence-electron chi connectivity index (χ3n) is 2.48. The first-order chi connectivity index (χ1) is 7.31. The van der Waals surface area contributed by atoms with E-state index in [1.54, 1.807) is 0 Å². The van der Waals surface area contributed by atoms with Gasteiger partial charge in [0.1, 0.15) is 0 Å². The lowest BCUT2D eigenvalue weighted by Crippen LogP contribution is -1.98. The molecule has 2 N–H and O–H groups in total. The van der Waals surface area contributed by atoms with E-state index in [9.17, 15) is 0 Å². The van der Waals surface area contributed by atoms with Gasteiger partial charge in [0.15, 0.2) is 0 Å². The van der Waals surface area contributed by atoms with Crippen LogP contribution >= 0.6 is 11.8 Å². The summed E-state index contributed by atoms with van der Waals surface area (Å²) in [6.07, 6.45) is 2.14. The molecule has 0 spiro atoms. The van der Waals surface area contributed by atoms with Gasteiger partial charge in [-0.15, -0.1) is 0 Å². The first kappa shape index (κ1) is 10.4. The van der Waals surface area contributed by atoms with Crippen LogP contribution in [0.1, 0.15) is 6.92 Å². The molecule has 0 fully saturated rings. The van der Waals surface area contributed by atoms with Gasteiger partial charge >= 0.3 is 0 Å². The van der Waals surface area contributed by atoms with Crippen LogP contribution in [0.4, 0.5) is 5.69 Å². The Morgan fingerprint density at radius 1 is 1.33 bits per heavy atom. The fourth-order valence-electron chi connectivity index (χ4n) is 1.72. The summed E-state index contributed by atoms with van der Waals surface area (Å²) in [6, 6.07) is 8.22. The Labute approximate surface area is 94.5 Å². The molecule has 0 unspecified atom stereocenters. The van der Waals surface area contributed by atoms with E-state index in [-0.39, 0.29) is 0 Å². The summed E-state index contributed by atoms with van der Waals surface area (Å²) in [5.41, 5.74) is 7.86. The fourth-order valence-corrected chi connectivity index (χ4v) is 2.34. The summed E-state index contributed by atoms with van der Waals surface area (Å²) in [5, 5.41) is 1.23. The normalized spacial score (nSPS) is 11.0. The third kappa shape index (κ3) is 2.29. The second kappa shape index (κ2) is 4.62. The molecule has 1 aromatic heterocycles. The van der Waals surface area contributed by atoms with E-state index in [0.717, 1.165) is 12.2 Å². The number of fused-ring (bicyclic) bond motifs is 1. The summed E-state index contributed by atoms with van der Waals surface area (Å²) < 4.78 is 2.29. The Kier molecular flexibility index (Phi) is 3.21. The lowest BCUT2D eigenvalue weighted by atomic mass is 10.2. The molecule has 2 aromatic rings. The summed E-state index contributed by atoms with van der Waals surface area (Å²) in [6.45, 7) is 3.27. The topological polar surface area (TPSA) is 30.9 Å². The van der Waals surface area contributed by atoms with Gasteiger partial charge in [0.25, 0.3) is 0 Å². The van der Waals surface area contributed by atoms with Crippen molar-refractivity contribution in [2.24, 2.45) is 0 Å². The molecule has 0 bridgehead atoms. The Morgan fingerprint density at radius 2 is 2.20 bits per heavy atom. The first-order valence-corrected chi connectivity index (χ1v) is 6.39. The minimum Gasteiger partial charge on any atom is -0.399 e. The zero-order chi connectivity index (χ0) is 10.7. The molecule has 15 heavy (non-hydrogen) atoms. The maximum absolute atomic E-state index is 5.74. The molecule has 0 radical (unpaired) electrons. The largest absolute Gasteiger partial charge is 0.399 e. The molecule has 3 heteroatoms. The van der Waals surface area contributed by atoms with Crippen LogP contribution in [0.3, 0.4) is 0 Å². The number of nitrogens with zero attached hydrogens (tertiary/aromatic N) is 1. The summed E-state index contributed by atoms with van der Waals surface area (Å²) in [5.74, 6) is 2.36. The molecule has 2 rings (SSSR count). The van der Waals surface area contributed by atoms with Crippen LogP contribution in [0.2, 0.25) is 0 Å². The molecule has 0 saturated heterocycles. The Morgan fingerprint density at radius 3 is 3.00 bits per heavy atom. The van der Waals surface area contributed by atoms with Gasteiger partial charge in [-0.05, 0) is 30.0 Å². The van der Waals surface area contributed by atoms with Gasteiger partial charge in [-0.2, -0.15) is 11.8 Å². The number of hydrogen-bond donors (Lipinski definition) is 1. The predicted molar refractivity (Wildman–Crippen MR) is 69.3 cm³/mol. The average molecular weight is 220 g/mol. The SMILES string of the molecule is CCSCCn1ccc2cc(N)ccc21. The molecule has 1 aromatic carbocycles. The molecule has 0 atom stereocenters. The standard InChI is InChI=1S/C12H16N2S/c1-2-15-8-7-14-6-5-10-9-11(13)3-4-12(10)14/h3-6,9H,2,7-8,13H2,1H3.